The van der Waals surface area contributed by atoms with Crippen LogP contribution in [0.3, 0.4) is 0 Å². The maximum absolute atomic E-state index is 13.0. The van der Waals surface area contributed by atoms with E-state index < -0.39 is 21.6 Å². The summed E-state index contributed by atoms with van der Waals surface area (Å²) < 4.78 is 33.0. The first-order chi connectivity index (χ1) is 12.3. The van der Waals surface area contributed by atoms with Crippen molar-refractivity contribution in [3.63, 3.8) is 0 Å². The SMILES string of the molecule is CC(C)(C(CS(=O)(=O)N1CCc2ccccc2C1)NO)N1CCOCC1. The van der Waals surface area contributed by atoms with Gasteiger partial charge >= 0.3 is 0 Å². The fourth-order valence-electron chi connectivity index (χ4n) is 3.78. The van der Waals surface area contributed by atoms with Crippen LogP contribution in [0, 0.1) is 0 Å². The average molecular weight is 384 g/mol. The highest BCUT2D eigenvalue weighted by Crippen LogP contribution is 2.25. The molecule has 0 spiro atoms. The van der Waals surface area contributed by atoms with E-state index in [1.165, 1.54) is 9.87 Å². The van der Waals surface area contributed by atoms with Crippen LogP contribution in [-0.2, 0) is 27.7 Å². The number of nitrogens with zero attached hydrogens (tertiary/aromatic N) is 2. The Morgan fingerprint density at radius 2 is 1.85 bits per heavy atom. The lowest BCUT2D eigenvalue weighted by Gasteiger charge is -2.45. The van der Waals surface area contributed by atoms with Gasteiger partial charge in [-0.15, -0.1) is 0 Å². The number of morpholine rings is 1. The van der Waals surface area contributed by atoms with Gasteiger partial charge in [0, 0.05) is 31.7 Å². The highest BCUT2D eigenvalue weighted by Gasteiger charge is 2.40. The number of hydrogen-bond acceptors (Lipinski definition) is 6. The summed E-state index contributed by atoms with van der Waals surface area (Å²) in [5, 5.41) is 9.72. The normalized spacial score (nSPS) is 21.3. The lowest BCUT2D eigenvalue weighted by Crippen LogP contribution is -2.62. The number of sulfonamides is 1. The van der Waals surface area contributed by atoms with Gasteiger partial charge in [0.25, 0.3) is 0 Å². The Morgan fingerprint density at radius 3 is 2.50 bits per heavy atom. The molecule has 1 saturated heterocycles. The minimum atomic E-state index is -3.51. The average Bonchev–Trinajstić information content (AvgIpc) is 2.66. The Bertz CT molecular complexity index is 717. The summed E-state index contributed by atoms with van der Waals surface area (Å²) in [4.78, 5) is 2.17. The van der Waals surface area contributed by atoms with E-state index in [0.29, 0.717) is 26.3 Å². The molecule has 1 aromatic rings. The third-order valence-electron chi connectivity index (χ3n) is 5.70. The molecule has 1 unspecified atom stereocenters. The second-order valence-electron chi connectivity index (χ2n) is 7.57. The van der Waals surface area contributed by atoms with Gasteiger partial charge in [0.05, 0.1) is 25.0 Å². The molecule has 1 atom stereocenters. The smallest absolute Gasteiger partial charge is 0.216 e. The van der Waals surface area contributed by atoms with Crippen LogP contribution in [0.4, 0.5) is 0 Å². The first kappa shape index (κ1) is 19.7. The lowest BCUT2D eigenvalue weighted by atomic mass is 9.93. The molecular weight excluding hydrogens is 354 g/mol. The van der Waals surface area contributed by atoms with Crippen molar-refractivity contribution in [2.75, 3.05) is 38.6 Å². The van der Waals surface area contributed by atoms with Gasteiger partial charge in [0.15, 0.2) is 0 Å². The van der Waals surface area contributed by atoms with Crippen LogP contribution < -0.4 is 5.48 Å². The number of benzene rings is 1. The van der Waals surface area contributed by atoms with Gasteiger partial charge in [-0.05, 0) is 31.4 Å². The van der Waals surface area contributed by atoms with Gasteiger partial charge < -0.3 is 9.94 Å². The van der Waals surface area contributed by atoms with Crippen LogP contribution in [0.15, 0.2) is 24.3 Å². The molecule has 0 saturated carbocycles. The Hall–Kier alpha value is -1.03. The molecule has 26 heavy (non-hydrogen) atoms. The minimum absolute atomic E-state index is 0.143. The molecule has 0 aromatic heterocycles. The van der Waals surface area contributed by atoms with Crippen LogP contribution in [0.25, 0.3) is 0 Å². The number of hydroxylamine groups is 1. The van der Waals surface area contributed by atoms with Gasteiger partial charge in [0.1, 0.15) is 0 Å². The van der Waals surface area contributed by atoms with Crippen LogP contribution in [0.1, 0.15) is 25.0 Å². The Morgan fingerprint density at radius 1 is 1.19 bits per heavy atom. The zero-order chi connectivity index (χ0) is 18.8. The summed E-state index contributed by atoms with van der Waals surface area (Å²) in [6.45, 7) is 7.50. The summed E-state index contributed by atoms with van der Waals surface area (Å²) in [6, 6.07) is 7.37. The van der Waals surface area contributed by atoms with Gasteiger partial charge in [-0.25, -0.2) is 8.42 Å². The second-order valence-corrected chi connectivity index (χ2v) is 9.58. The van der Waals surface area contributed by atoms with E-state index in [-0.39, 0.29) is 5.75 Å². The molecule has 3 rings (SSSR count). The van der Waals surface area contributed by atoms with Crippen molar-refractivity contribution >= 4 is 10.0 Å². The minimum Gasteiger partial charge on any atom is -0.379 e. The monoisotopic (exact) mass is 383 g/mol. The fourth-order valence-corrected chi connectivity index (χ4v) is 5.60. The topological polar surface area (TPSA) is 82.1 Å². The number of nitrogens with one attached hydrogen (secondary N) is 1. The standard InChI is InChI=1S/C18H29N3O4S/c1-18(2,20-9-11-25-12-10-20)17(19-22)14-26(23,24)21-8-7-15-5-3-4-6-16(15)13-21/h3-6,17,19,22H,7-14H2,1-2H3. The molecule has 7 nitrogen and oxygen atoms in total. The van der Waals surface area contributed by atoms with Crippen molar-refractivity contribution in [1.82, 2.24) is 14.7 Å². The third-order valence-corrected chi connectivity index (χ3v) is 7.55. The number of rotatable bonds is 6. The fraction of sp³-hybridized carbons (Fsp3) is 0.667. The maximum atomic E-state index is 13.0. The van der Waals surface area contributed by atoms with Crippen molar-refractivity contribution < 1.29 is 18.4 Å². The highest BCUT2D eigenvalue weighted by molar-refractivity contribution is 7.89. The van der Waals surface area contributed by atoms with E-state index in [0.717, 1.165) is 25.1 Å². The molecule has 2 N–H and O–H groups in total. The van der Waals surface area contributed by atoms with Crippen molar-refractivity contribution in [3.8, 4) is 0 Å². The van der Waals surface area contributed by atoms with Crippen LogP contribution in [0.2, 0.25) is 0 Å². The summed E-state index contributed by atoms with van der Waals surface area (Å²) in [7, 11) is -3.51. The van der Waals surface area contributed by atoms with E-state index in [9.17, 15) is 13.6 Å². The number of fused-ring (bicyclic) bond motifs is 1. The molecule has 1 fully saturated rings. The third kappa shape index (κ3) is 4.11. The molecule has 0 radical (unpaired) electrons. The van der Waals surface area contributed by atoms with E-state index in [4.69, 9.17) is 4.74 Å². The maximum Gasteiger partial charge on any atom is 0.216 e. The van der Waals surface area contributed by atoms with Gasteiger partial charge in [-0.3, -0.25) is 4.90 Å². The van der Waals surface area contributed by atoms with E-state index in [2.05, 4.69) is 16.4 Å². The zero-order valence-electron chi connectivity index (χ0n) is 15.5. The molecule has 8 heteroatoms. The molecule has 2 aliphatic rings. The van der Waals surface area contributed by atoms with Gasteiger partial charge in [-0.2, -0.15) is 9.79 Å². The largest absolute Gasteiger partial charge is 0.379 e. The number of hydrogen-bond donors (Lipinski definition) is 2. The highest BCUT2D eigenvalue weighted by atomic mass is 32.2. The quantitative estimate of drug-likeness (QED) is 0.709. The predicted octanol–water partition coefficient (Wildman–Crippen LogP) is 0.833. The van der Waals surface area contributed by atoms with E-state index in [1.807, 2.05) is 32.0 Å². The van der Waals surface area contributed by atoms with E-state index in [1.54, 1.807) is 0 Å². The van der Waals surface area contributed by atoms with Gasteiger partial charge in [-0.1, -0.05) is 24.3 Å². The molecule has 2 aliphatic heterocycles. The van der Waals surface area contributed by atoms with Gasteiger partial charge in [0.2, 0.25) is 10.0 Å². The molecule has 0 bridgehead atoms. The molecule has 0 amide bonds. The van der Waals surface area contributed by atoms with Crippen LogP contribution in [0.5, 0.6) is 0 Å². The molecule has 2 heterocycles. The number of ether oxygens (including phenoxy) is 1. The molecule has 0 aliphatic carbocycles. The first-order valence-corrected chi connectivity index (χ1v) is 10.7. The predicted molar refractivity (Wildman–Crippen MR) is 99.5 cm³/mol. The second kappa shape index (κ2) is 7.92. The van der Waals surface area contributed by atoms with Crippen LogP contribution in [-0.4, -0.2) is 73.0 Å². The van der Waals surface area contributed by atoms with Crippen molar-refractivity contribution in [1.29, 1.82) is 0 Å². The van der Waals surface area contributed by atoms with Crippen molar-refractivity contribution in [2.24, 2.45) is 0 Å². The molecule has 146 valence electrons. The summed E-state index contributed by atoms with van der Waals surface area (Å²) in [5.74, 6) is -0.143. The lowest BCUT2D eigenvalue weighted by molar-refractivity contribution is -0.0394. The Balaban J connectivity index is 1.73. The van der Waals surface area contributed by atoms with Crippen molar-refractivity contribution in [2.45, 2.75) is 38.4 Å². The Labute approximate surface area is 155 Å². The molecule has 1 aromatic carbocycles. The van der Waals surface area contributed by atoms with Crippen molar-refractivity contribution in [3.05, 3.63) is 35.4 Å². The first-order valence-electron chi connectivity index (χ1n) is 9.11. The summed E-state index contributed by atoms with van der Waals surface area (Å²) in [6.07, 6.45) is 0.722. The Kier molecular flexibility index (Phi) is 6.01. The summed E-state index contributed by atoms with van der Waals surface area (Å²) >= 11 is 0. The van der Waals surface area contributed by atoms with Crippen LogP contribution >= 0.6 is 0 Å². The van der Waals surface area contributed by atoms with E-state index >= 15 is 0 Å². The zero-order valence-corrected chi connectivity index (χ0v) is 16.3. The summed E-state index contributed by atoms with van der Waals surface area (Å²) in [5.41, 5.74) is 4.02. The molecular formula is C18H29N3O4S.